The van der Waals surface area contributed by atoms with Gasteiger partial charge < -0.3 is 19.2 Å². The van der Waals surface area contributed by atoms with E-state index in [0.717, 1.165) is 22.2 Å². The lowest BCUT2D eigenvalue weighted by atomic mass is 10.0. The summed E-state index contributed by atoms with van der Waals surface area (Å²) in [6, 6.07) is 22.2. The van der Waals surface area contributed by atoms with Crippen LogP contribution >= 0.6 is 0 Å². The van der Waals surface area contributed by atoms with Crippen molar-refractivity contribution in [2.45, 2.75) is 19.1 Å². The highest BCUT2D eigenvalue weighted by molar-refractivity contribution is 5.91. The van der Waals surface area contributed by atoms with E-state index in [2.05, 4.69) is 10.4 Å². The SMILES string of the molecule is COc1cccc(C(Oc2ccc3c(cnn3-c3ccc(F)cc3)c2)C(C)NC(=O)c2ccco2)c1. The van der Waals surface area contributed by atoms with Gasteiger partial charge in [-0.2, -0.15) is 5.10 Å². The first-order valence-corrected chi connectivity index (χ1v) is 11.4. The molecule has 8 heteroatoms. The fourth-order valence-electron chi connectivity index (χ4n) is 4.06. The van der Waals surface area contributed by atoms with Crippen LogP contribution < -0.4 is 14.8 Å². The topological polar surface area (TPSA) is 78.5 Å². The van der Waals surface area contributed by atoms with Gasteiger partial charge in [0.2, 0.25) is 0 Å². The second-order valence-electron chi connectivity index (χ2n) is 8.31. The van der Waals surface area contributed by atoms with Gasteiger partial charge in [0.05, 0.1) is 36.8 Å². The van der Waals surface area contributed by atoms with E-state index in [1.165, 1.54) is 18.4 Å². The third-order valence-corrected chi connectivity index (χ3v) is 5.85. The number of rotatable bonds is 8. The molecule has 36 heavy (non-hydrogen) atoms. The second-order valence-corrected chi connectivity index (χ2v) is 8.31. The number of methoxy groups -OCH3 is 1. The molecule has 0 aliphatic heterocycles. The third-order valence-electron chi connectivity index (χ3n) is 5.85. The van der Waals surface area contributed by atoms with Gasteiger partial charge in [-0.15, -0.1) is 0 Å². The van der Waals surface area contributed by atoms with E-state index in [0.29, 0.717) is 11.5 Å². The maximum atomic E-state index is 13.3. The Morgan fingerprint density at radius 3 is 2.61 bits per heavy atom. The molecule has 3 aromatic carbocycles. The molecule has 0 spiro atoms. The van der Waals surface area contributed by atoms with Crippen LogP contribution in [0.4, 0.5) is 4.39 Å². The highest BCUT2D eigenvalue weighted by Crippen LogP contribution is 2.30. The van der Waals surface area contributed by atoms with Gasteiger partial charge in [0.1, 0.15) is 23.4 Å². The fraction of sp³-hybridized carbons (Fsp3) is 0.143. The number of carbonyl (C=O) groups is 1. The molecule has 0 aliphatic rings. The van der Waals surface area contributed by atoms with Crippen molar-refractivity contribution in [3.05, 3.63) is 108 Å². The summed E-state index contributed by atoms with van der Waals surface area (Å²) in [5, 5.41) is 8.27. The normalized spacial score (nSPS) is 12.8. The zero-order chi connectivity index (χ0) is 25.1. The number of nitrogens with one attached hydrogen (secondary N) is 1. The maximum Gasteiger partial charge on any atom is 0.287 e. The summed E-state index contributed by atoms with van der Waals surface area (Å²) >= 11 is 0. The number of benzene rings is 3. The Kier molecular flexibility index (Phi) is 6.40. The molecule has 5 aromatic rings. The Labute approximate surface area is 207 Å². The van der Waals surface area contributed by atoms with Gasteiger partial charge in [-0.1, -0.05) is 12.1 Å². The minimum atomic E-state index is -0.524. The van der Waals surface area contributed by atoms with Crippen LogP contribution in [-0.2, 0) is 0 Å². The lowest BCUT2D eigenvalue weighted by molar-refractivity contribution is 0.0854. The first kappa shape index (κ1) is 23.2. The summed E-state index contributed by atoms with van der Waals surface area (Å²) in [5.74, 6) is 0.874. The molecule has 1 amide bonds. The smallest absolute Gasteiger partial charge is 0.287 e. The van der Waals surface area contributed by atoms with Gasteiger partial charge in [0, 0.05) is 5.39 Å². The van der Waals surface area contributed by atoms with Crippen LogP contribution in [0.5, 0.6) is 11.5 Å². The van der Waals surface area contributed by atoms with Crippen molar-refractivity contribution < 1.29 is 23.1 Å². The highest BCUT2D eigenvalue weighted by Gasteiger charge is 2.25. The number of fused-ring (bicyclic) bond motifs is 1. The molecule has 2 aromatic heterocycles. The number of carbonyl (C=O) groups excluding carboxylic acids is 1. The van der Waals surface area contributed by atoms with E-state index in [1.54, 1.807) is 42.3 Å². The van der Waals surface area contributed by atoms with E-state index in [1.807, 2.05) is 49.4 Å². The predicted octanol–water partition coefficient (Wildman–Crippen LogP) is 5.70. The molecule has 0 radical (unpaired) electrons. The Morgan fingerprint density at radius 2 is 1.86 bits per heavy atom. The van der Waals surface area contributed by atoms with Crippen molar-refractivity contribution in [2.24, 2.45) is 0 Å². The monoisotopic (exact) mass is 485 g/mol. The number of hydrogen-bond donors (Lipinski definition) is 1. The lowest BCUT2D eigenvalue weighted by Crippen LogP contribution is -2.39. The predicted molar refractivity (Wildman–Crippen MR) is 133 cm³/mol. The summed E-state index contributed by atoms with van der Waals surface area (Å²) in [6.07, 6.45) is 2.66. The van der Waals surface area contributed by atoms with E-state index in [4.69, 9.17) is 13.9 Å². The molecule has 1 N–H and O–H groups in total. The van der Waals surface area contributed by atoms with Crippen molar-refractivity contribution in [3.8, 4) is 17.2 Å². The van der Waals surface area contributed by atoms with E-state index in [9.17, 15) is 9.18 Å². The molecule has 182 valence electrons. The molecule has 0 saturated heterocycles. The second kappa shape index (κ2) is 9.95. The largest absolute Gasteiger partial charge is 0.497 e. The minimum absolute atomic E-state index is 0.223. The summed E-state index contributed by atoms with van der Waals surface area (Å²) < 4.78 is 32.1. The molecule has 0 saturated carbocycles. The van der Waals surface area contributed by atoms with E-state index < -0.39 is 12.1 Å². The fourth-order valence-corrected chi connectivity index (χ4v) is 4.06. The van der Waals surface area contributed by atoms with Crippen molar-refractivity contribution in [2.75, 3.05) is 7.11 Å². The molecule has 5 rings (SSSR count). The summed E-state index contributed by atoms with van der Waals surface area (Å²) in [5.41, 5.74) is 2.44. The van der Waals surface area contributed by atoms with Crippen molar-refractivity contribution >= 4 is 16.8 Å². The summed E-state index contributed by atoms with van der Waals surface area (Å²) in [7, 11) is 1.60. The lowest BCUT2D eigenvalue weighted by Gasteiger charge is -2.26. The minimum Gasteiger partial charge on any atom is -0.497 e. The van der Waals surface area contributed by atoms with Crippen LogP contribution in [0.25, 0.3) is 16.6 Å². The Hall–Kier alpha value is -4.59. The van der Waals surface area contributed by atoms with Crippen LogP contribution in [0.15, 0.2) is 95.7 Å². The van der Waals surface area contributed by atoms with Gasteiger partial charge in [-0.25, -0.2) is 9.07 Å². The van der Waals surface area contributed by atoms with Gasteiger partial charge in [-0.3, -0.25) is 4.79 Å². The van der Waals surface area contributed by atoms with Crippen LogP contribution in [-0.4, -0.2) is 28.8 Å². The van der Waals surface area contributed by atoms with Crippen LogP contribution in [0.2, 0.25) is 0 Å². The summed E-state index contributed by atoms with van der Waals surface area (Å²) in [6.45, 7) is 1.87. The zero-order valence-electron chi connectivity index (χ0n) is 19.7. The average molecular weight is 486 g/mol. The maximum absolute atomic E-state index is 13.3. The molecule has 0 bridgehead atoms. The molecule has 0 aliphatic carbocycles. The molecule has 2 heterocycles. The third kappa shape index (κ3) is 4.79. The molecule has 0 fully saturated rings. The number of furan rings is 1. The van der Waals surface area contributed by atoms with Crippen LogP contribution in [0.3, 0.4) is 0 Å². The average Bonchev–Trinajstić information content (AvgIpc) is 3.58. The molecule has 7 nitrogen and oxygen atoms in total. The van der Waals surface area contributed by atoms with Crippen molar-refractivity contribution in [3.63, 3.8) is 0 Å². The molecule has 2 atom stereocenters. The Balaban J connectivity index is 1.44. The number of amides is 1. The van der Waals surface area contributed by atoms with Crippen LogP contribution in [0.1, 0.15) is 29.1 Å². The van der Waals surface area contributed by atoms with Crippen LogP contribution in [0, 0.1) is 5.82 Å². The first-order chi connectivity index (χ1) is 17.5. The Bertz CT molecular complexity index is 1480. The number of halogens is 1. The molecule has 2 unspecified atom stereocenters. The number of hydrogen-bond acceptors (Lipinski definition) is 5. The van der Waals surface area contributed by atoms with Crippen molar-refractivity contribution in [1.29, 1.82) is 0 Å². The van der Waals surface area contributed by atoms with Gasteiger partial charge in [-0.05, 0) is 79.2 Å². The number of ether oxygens (including phenoxy) is 2. The Morgan fingerprint density at radius 1 is 1.03 bits per heavy atom. The standard InChI is InChI=1S/C28H24FN3O4/c1-18(31-28(33)26-7-4-14-35-26)27(19-5-3-6-23(15-19)34-2)36-24-12-13-25-20(16-24)17-30-32(25)22-10-8-21(29)9-11-22/h3-18,27H,1-2H3,(H,31,33). The van der Waals surface area contributed by atoms with Crippen molar-refractivity contribution in [1.82, 2.24) is 15.1 Å². The highest BCUT2D eigenvalue weighted by atomic mass is 19.1. The molecular formula is C28H24FN3O4. The zero-order valence-corrected chi connectivity index (χ0v) is 19.7. The number of nitrogens with zero attached hydrogens (tertiary/aromatic N) is 2. The van der Waals surface area contributed by atoms with E-state index >= 15 is 0 Å². The molecular weight excluding hydrogens is 461 g/mol. The quantitative estimate of drug-likeness (QED) is 0.305. The summed E-state index contributed by atoms with van der Waals surface area (Å²) in [4.78, 5) is 12.6. The first-order valence-electron chi connectivity index (χ1n) is 11.4. The van der Waals surface area contributed by atoms with Gasteiger partial charge in [0.25, 0.3) is 5.91 Å². The number of aromatic nitrogens is 2. The van der Waals surface area contributed by atoms with Gasteiger partial charge >= 0.3 is 0 Å². The van der Waals surface area contributed by atoms with E-state index in [-0.39, 0.29) is 17.5 Å². The van der Waals surface area contributed by atoms with Gasteiger partial charge in [0.15, 0.2) is 5.76 Å².